The highest BCUT2D eigenvalue weighted by molar-refractivity contribution is 5.04. The second-order valence-electron chi connectivity index (χ2n) is 5.82. The van der Waals surface area contributed by atoms with Gasteiger partial charge in [0.25, 0.3) is 0 Å². The first-order valence-corrected chi connectivity index (χ1v) is 7.51. The van der Waals surface area contributed by atoms with Crippen LogP contribution in [0.4, 0.5) is 0 Å². The van der Waals surface area contributed by atoms with Crippen molar-refractivity contribution in [1.82, 2.24) is 5.32 Å². The quantitative estimate of drug-likeness (QED) is 0.644. The van der Waals surface area contributed by atoms with Gasteiger partial charge in [-0.25, -0.2) is 0 Å². The van der Waals surface area contributed by atoms with Gasteiger partial charge in [0.15, 0.2) is 0 Å². The van der Waals surface area contributed by atoms with Crippen LogP contribution in [0.2, 0.25) is 0 Å². The summed E-state index contributed by atoms with van der Waals surface area (Å²) in [7, 11) is 0. The van der Waals surface area contributed by atoms with Crippen LogP contribution in [0.5, 0.6) is 0 Å². The summed E-state index contributed by atoms with van der Waals surface area (Å²) in [5.74, 6) is 0. The molecule has 0 bridgehead atoms. The molecule has 3 nitrogen and oxygen atoms in total. The van der Waals surface area contributed by atoms with Gasteiger partial charge >= 0.3 is 0 Å². The zero-order valence-corrected chi connectivity index (χ0v) is 12.8. The Balaban J connectivity index is 2.19. The summed E-state index contributed by atoms with van der Waals surface area (Å²) in [4.78, 5) is 0. The zero-order valence-electron chi connectivity index (χ0n) is 12.8. The maximum absolute atomic E-state index is 5.81. The van der Waals surface area contributed by atoms with Crippen molar-refractivity contribution >= 4 is 0 Å². The number of rotatable bonds is 9. The number of ether oxygens (including phenoxy) is 2. The molecule has 3 atom stereocenters. The SMILES string of the molecule is CCOC1CC(NCCCOC(C)C)C1(C)CC. The van der Waals surface area contributed by atoms with Crippen molar-refractivity contribution in [3.8, 4) is 0 Å². The third-order valence-electron chi connectivity index (χ3n) is 4.27. The van der Waals surface area contributed by atoms with Crippen LogP contribution in [0.3, 0.4) is 0 Å². The molecule has 108 valence electrons. The van der Waals surface area contributed by atoms with Gasteiger partial charge in [0.1, 0.15) is 0 Å². The molecule has 0 aromatic heterocycles. The van der Waals surface area contributed by atoms with Gasteiger partial charge in [-0.3, -0.25) is 0 Å². The molecule has 1 aliphatic carbocycles. The molecule has 0 aromatic rings. The van der Waals surface area contributed by atoms with Crippen LogP contribution >= 0.6 is 0 Å². The molecule has 0 radical (unpaired) electrons. The van der Waals surface area contributed by atoms with E-state index in [4.69, 9.17) is 9.47 Å². The molecule has 0 saturated heterocycles. The molecular weight excluding hydrogens is 226 g/mol. The minimum atomic E-state index is 0.314. The van der Waals surface area contributed by atoms with Gasteiger partial charge in [-0.2, -0.15) is 0 Å². The van der Waals surface area contributed by atoms with Crippen molar-refractivity contribution in [3.63, 3.8) is 0 Å². The normalized spacial score (nSPS) is 31.7. The molecule has 1 fully saturated rings. The molecular formula is C15H31NO2. The van der Waals surface area contributed by atoms with Crippen molar-refractivity contribution in [2.24, 2.45) is 5.41 Å². The topological polar surface area (TPSA) is 30.5 Å². The minimum absolute atomic E-state index is 0.314. The van der Waals surface area contributed by atoms with Gasteiger partial charge in [-0.15, -0.1) is 0 Å². The lowest BCUT2D eigenvalue weighted by Crippen LogP contribution is -2.62. The van der Waals surface area contributed by atoms with Gasteiger partial charge in [0.05, 0.1) is 12.2 Å². The predicted molar refractivity (Wildman–Crippen MR) is 75.9 cm³/mol. The van der Waals surface area contributed by atoms with Crippen LogP contribution in [0.1, 0.15) is 53.9 Å². The van der Waals surface area contributed by atoms with E-state index in [9.17, 15) is 0 Å². The standard InChI is InChI=1S/C15H31NO2/c1-6-15(5)13(11-14(15)17-7-2)16-9-8-10-18-12(3)4/h12-14,16H,6-11H2,1-5H3. The highest BCUT2D eigenvalue weighted by atomic mass is 16.5. The summed E-state index contributed by atoms with van der Waals surface area (Å²) in [5.41, 5.74) is 0.314. The van der Waals surface area contributed by atoms with Crippen molar-refractivity contribution in [1.29, 1.82) is 0 Å². The van der Waals surface area contributed by atoms with Crippen LogP contribution in [0, 0.1) is 5.41 Å². The van der Waals surface area contributed by atoms with Crippen LogP contribution in [-0.4, -0.2) is 38.0 Å². The van der Waals surface area contributed by atoms with E-state index >= 15 is 0 Å². The molecule has 1 aliphatic rings. The highest BCUT2D eigenvalue weighted by Crippen LogP contribution is 2.45. The Kier molecular flexibility index (Phi) is 6.61. The molecule has 0 heterocycles. The first kappa shape index (κ1) is 15.9. The van der Waals surface area contributed by atoms with Gasteiger partial charge in [0.2, 0.25) is 0 Å². The fourth-order valence-electron chi connectivity index (χ4n) is 2.73. The van der Waals surface area contributed by atoms with Gasteiger partial charge < -0.3 is 14.8 Å². The fourth-order valence-corrected chi connectivity index (χ4v) is 2.73. The van der Waals surface area contributed by atoms with E-state index in [1.807, 2.05) is 0 Å². The Bertz CT molecular complexity index is 233. The molecule has 1 N–H and O–H groups in total. The average molecular weight is 257 g/mol. The van der Waals surface area contributed by atoms with Crippen LogP contribution in [0.15, 0.2) is 0 Å². The molecule has 1 rings (SSSR count). The lowest BCUT2D eigenvalue weighted by Gasteiger charge is -2.53. The van der Waals surface area contributed by atoms with Crippen LogP contribution < -0.4 is 5.32 Å². The average Bonchev–Trinajstić information content (AvgIpc) is 2.34. The summed E-state index contributed by atoms with van der Waals surface area (Å²) in [5, 5.41) is 3.66. The first-order chi connectivity index (χ1) is 8.54. The van der Waals surface area contributed by atoms with E-state index in [1.54, 1.807) is 0 Å². The van der Waals surface area contributed by atoms with E-state index in [-0.39, 0.29) is 0 Å². The minimum Gasteiger partial charge on any atom is -0.379 e. The van der Waals surface area contributed by atoms with E-state index < -0.39 is 0 Å². The van der Waals surface area contributed by atoms with Gasteiger partial charge in [-0.05, 0) is 46.6 Å². The second-order valence-corrected chi connectivity index (χ2v) is 5.82. The molecule has 3 unspecified atom stereocenters. The summed E-state index contributed by atoms with van der Waals surface area (Å²) >= 11 is 0. The van der Waals surface area contributed by atoms with Crippen molar-refractivity contribution in [2.45, 2.75) is 72.1 Å². The third kappa shape index (κ3) is 3.94. The summed E-state index contributed by atoms with van der Waals surface area (Å²) in [6.07, 6.45) is 4.21. The largest absolute Gasteiger partial charge is 0.379 e. The van der Waals surface area contributed by atoms with Crippen LogP contribution in [-0.2, 0) is 9.47 Å². The molecule has 18 heavy (non-hydrogen) atoms. The summed E-state index contributed by atoms with van der Waals surface area (Å²) in [6.45, 7) is 13.6. The number of hydrogen-bond acceptors (Lipinski definition) is 3. The number of nitrogens with one attached hydrogen (secondary N) is 1. The lowest BCUT2D eigenvalue weighted by atomic mass is 9.61. The van der Waals surface area contributed by atoms with E-state index in [2.05, 4.69) is 39.9 Å². The summed E-state index contributed by atoms with van der Waals surface area (Å²) in [6, 6.07) is 0.609. The Labute approximate surface area is 113 Å². The molecule has 1 saturated carbocycles. The van der Waals surface area contributed by atoms with Crippen molar-refractivity contribution in [3.05, 3.63) is 0 Å². The molecule has 0 amide bonds. The van der Waals surface area contributed by atoms with E-state index in [1.165, 1.54) is 6.42 Å². The van der Waals surface area contributed by atoms with Crippen molar-refractivity contribution in [2.75, 3.05) is 19.8 Å². The molecule has 0 aliphatic heterocycles. The monoisotopic (exact) mass is 257 g/mol. The van der Waals surface area contributed by atoms with E-state index in [0.717, 1.165) is 32.6 Å². The predicted octanol–water partition coefficient (Wildman–Crippen LogP) is 2.98. The highest BCUT2D eigenvalue weighted by Gasteiger charge is 2.50. The molecule has 3 heteroatoms. The van der Waals surface area contributed by atoms with E-state index in [0.29, 0.717) is 23.7 Å². The Morgan fingerprint density at radius 3 is 2.61 bits per heavy atom. The second kappa shape index (κ2) is 7.46. The third-order valence-corrected chi connectivity index (χ3v) is 4.27. The Morgan fingerprint density at radius 2 is 2.06 bits per heavy atom. The van der Waals surface area contributed by atoms with Crippen molar-refractivity contribution < 1.29 is 9.47 Å². The Hall–Kier alpha value is -0.120. The Morgan fingerprint density at radius 1 is 1.33 bits per heavy atom. The zero-order chi connectivity index (χ0) is 13.6. The van der Waals surface area contributed by atoms with Gasteiger partial charge in [-0.1, -0.05) is 13.8 Å². The molecule has 0 aromatic carbocycles. The smallest absolute Gasteiger partial charge is 0.0658 e. The van der Waals surface area contributed by atoms with Gasteiger partial charge in [0, 0.05) is 24.7 Å². The maximum Gasteiger partial charge on any atom is 0.0658 e. The maximum atomic E-state index is 5.81. The fraction of sp³-hybridized carbons (Fsp3) is 1.00. The first-order valence-electron chi connectivity index (χ1n) is 7.51. The van der Waals surface area contributed by atoms with Crippen LogP contribution in [0.25, 0.3) is 0 Å². The number of hydrogen-bond donors (Lipinski definition) is 1. The molecule has 0 spiro atoms. The lowest BCUT2D eigenvalue weighted by molar-refractivity contribution is -0.125. The summed E-state index contributed by atoms with van der Waals surface area (Å²) < 4.78 is 11.4.